The Morgan fingerprint density at radius 2 is 1.71 bits per heavy atom. The second-order valence-corrected chi connectivity index (χ2v) is 4.46. The van der Waals surface area contributed by atoms with Crippen molar-refractivity contribution in [1.29, 1.82) is 0 Å². The summed E-state index contributed by atoms with van der Waals surface area (Å²) in [6.45, 7) is 5.21. The summed E-state index contributed by atoms with van der Waals surface area (Å²) in [7, 11) is 1.73. The molecule has 0 amide bonds. The van der Waals surface area contributed by atoms with Gasteiger partial charge in [-0.25, -0.2) is 0 Å². The minimum absolute atomic E-state index is 0.710. The fourth-order valence-electron chi connectivity index (χ4n) is 1.85. The normalized spacial score (nSPS) is 10.7. The monoisotopic (exact) mass is 235 g/mol. The molecule has 0 unspecified atom stereocenters. The molecule has 2 heteroatoms. The van der Waals surface area contributed by atoms with Gasteiger partial charge in [-0.1, -0.05) is 31.2 Å². The van der Waals surface area contributed by atoms with Gasteiger partial charge in [0.15, 0.2) is 0 Å². The molecular weight excluding hydrogens is 210 g/mol. The Labute approximate surface area is 105 Å². The van der Waals surface area contributed by atoms with E-state index in [1.54, 1.807) is 7.11 Å². The van der Waals surface area contributed by atoms with Crippen LogP contribution in [-0.2, 0) is 17.8 Å². The van der Waals surface area contributed by atoms with Crippen molar-refractivity contribution >= 4 is 0 Å². The van der Waals surface area contributed by atoms with Crippen molar-refractivity contribution < 1.29 is 4.74 Å². The minimum atomic E-state index is 0.710. The Bertz CT molecular complexity index is 281. The van der Waals surface area contributed by atoms with Crippen molar-refractivity contribution in [2.45, 2.75) is 39.2 Å². The molecule has 0 aliphatic rings. The zero-order chi connectivity index (χ0) is 12.3. The lowest BCUT2D eigenvalue weighted by molar-refractivity contribution is 0.185. The maximum atomic E-state index is 5.10. The third-order valence-corrected chi connectivity index (χ3v) is 2.83. The van der Waals surface area contributed by atoms with Crippen LogP contribution in [0.25, 0.3) is 0 Å². The maximum absolute atomic E-state index is 5.10. The molecule has 1 aromatic rings. The molecule has 1 rings (SSSR count). The van der Waals surface area contributed by atoms with E-state index in [2.05, 4.69) is 36.5 Å². The molecule has 17 heavy (non-hydrogen) atoms. The van der Waals surface area contributed by atoms with Gasteiger partial charge in [0.2, 0.25) is 0 Å². The second kappa shape index (κ2) is 9.20. The van der Waals surface area contributed by atoms with Crippen molar-refractivity contribution in [3.63, 3.8) is 0 Å². The van der Waals surface area contributed by atoms with Gasteiger partial charge in [-0.3, -0.25) is 0 Å². The molecule has 2 nitrogen and oxygen atoms in total. The number of aryl methyl sites for hydroxylation is 1. The Kier molecular flexibility index (Phi) is 7.69. The summed E-state index contributed by atoms with van der Waals surface area (Å²) >= 11 is 0. The number of methoxy groups -OCH3 is 1. The van der Waals surface area contributed by atoms with Crippen LogP contribution in [0.1, 0.15) is 37.3 Å². The van der Waals surface area contributed by atoms with E-state index in [4.69, 9.17) is 4.74 Å². The summed E-state index contributed by atoms with van der Waals surface area (Å²) in [5, 5.41) is 3.43. The van der Waals surface area contributed by atoms with E-state index < -0.39 is 0 Å². The summed E-state index contributed by atoms with van der Waals surface area (Å²) in [6, 6.07) is 8.75. The summed E-state index contributed by atoms with van der Waals surface area (Å²) < 4.78 is 5.10. The van der Waals surface area contributed by atoms with Gasteiger partial charge in [0.25, 0.3) is 0 Å². The second-order valence-electron chi connectivity index (χ2n) is 4.46. The first-order valence-electron chi connectivity index (χ1n) is 6.64. The van der Waals surface area contributed by atoms with Crippen LogP contribution in [0.2, 0.25) is 0 Å². The molecular formula is C15H25NO. The zero-order valence-corrected chi connectivity index (χ0v) is 11.2. The van der Waals surface area contributed by atoms with Gasteiger partial charge in [-0.2, -0.15) is 0 Å². The first kappa shape index (κ1) is 14.2. The van der Waals surface area contributed by atoms with Crippen LogP contribution in [0, 0.1) is 0 Å². The lowest BCUT2D eigenvalue weighted by Crippen LogP contribution is -2.15. The molecule has 0 saturated carbocycles. The van der Waals surface area contributed by atoms with E-state index in [0.29, 0.717) is 6.61 Å². The summed E-state index contributed by atoms with van der Waals surface area (Å²) in [5.74, 6) is 0. The summed E-state index contributed by atoms with van der Waals surface area (Å²) in [5.41, 5.74) is 2.68. The predicted molar refractivity (Wildman–Crippen MR) is 73.3 cm³/mol. The summed E-state index contributed by atoms with van der Waals surface area (Å²) in [6.07, 6.45) is 4.93. The average Bonchev–Trinajstić information content (AvgIpc) is 2.36. The largest absolute Gasteiger partial charge is 0.380 e. The van der Waals surface area contributed by atoms with Crippen LogP contribution in [0.5, 0.6) is 0 Å². The lowest BCUT2D eigenvalue weighted by Gasteiger charge is -2.05. The standard InChI is InChI=1S/C15H25NO/c1-3-11-16-12-5-4-6-14-7-9-15(10-8-14)13-17-2/h7-10,16H,3-6,11-13H2,1-2H3. The van der Waals surface area contributed by atoms with Gasteiger partial charge < -0.3 is 10.1 Å². The van der Waals surface area contributed by atoms with Crippen LogP contribution in [0.15, 0.2) is 24.3 Å². The molecule has 0 saturated heterocycles. The highest BCUT2D eigenvalue weighted by Gasteiger charge is 1.95. The van der Waals surface area contributed by atoms with Gasteiger partial charge in [0.1, 0.15) is 0 Å². The number of hydrogen-bond acceptors (Lipinski definition) is 2. The SMILES string of the molecule is CCCNCCCCc1ccc(COC)cc1. The smallest absolute Gasteiger partial charge is 0.0713 e. The topological polar surface area (TPSA) is 21.3 Å². The van der Waals surface area contributed by atoms with Crippen molar-refractivity contribution in [3.8, 4) is 0 Å². The molecule has 0 aliphatic heterocycles. The number of rotatable bonds is 9. The van der Waals surface area contributed by atoms with E-state index in [-0.39, 0.29) is 0 Å². The van der Waals surface area contributed by atoms with E-state index in [1.807, 2.05) is 0 Å². The molecule has 0 bridgehead atoms. The van der Waals surface area contributed by atoms with Crippen LogP contribution in [0.3, 0.4) is 0 Å². The number of unbranched alkanes of at least 4 members (excludes halogenated alkanes) is 1. The summed E-state index contributed by atoms with van der Waals surface area (Å²) in [4.78, 5) is 0. The van der Waals surface area contributed by atoms with Crippen molar-refractivity contribution in [1.82, 2.24) is 5.32 Å². The zero-order valence-electron chi connectivity index (χ0n) is 11.2. The Hall–Kier alpha value is -0.860. The van der Waals surface area contributed by atoms with Gasteiger partial charge in [0, 0.05) is 7.11 Å². The Morgan fingerprint density at radius 3 is 2.35 bits per heavy atom. The average molecular weight is 235 g/mol. The van der Waals surface area contributed by atoms with Crippen LogP contribution >= 0.6 is 0 Å². The van der Waals surface area contributed by atoms with Gasteiger partial charge in [0.05, 0.1) is 6.61 Å². The van der Waals surface area contributed by atoms with E-state index >= 15 is 0 Å². The van der Waals surface area contributed by atoms with Gasteiger partial charge in [-0.15, -0.1) is 0 Å². The van der Waals surface area contributed by atoms with Crippen molar-refractivity contribution in [2.24, 2.45) is 0 Å². The Balaban J connectivity index is 2.14. The van der Waals surface area contributed by atoms with Crippen molar-refractivity contribution in [2.75, 3.05) is 20.2 Å². The number of nitrogens with one attached hydrogen (secondary N) is 1. The van der Waals surface area contributed by atoms with Gasteiger partial charge >= 0.3 is 0 Å². The fraction of sp³-hybridized carbons (Fsp3) is 0.600. The molecule has 0 spiro atoms. The quantitative estimate of drug-likeness (QED) is 0.664. The van der Waals surface area contributed by atoms with E-state index in [9.17, 15) is 0 Å². The number of benzene rings is 1. The Morgan fingerprint density at radius 1 is 1.00 bits per heavy atom. The maximum Gasteiger partial charge on any atom is 0.0713 e. The van der Waals surface area contributed by atoms with Crippen molar-refractivity contribution in [3.05, 3.63) is 35.4 Å². The molecule has 0 aromatic heterocycles. The first-order valence-corrected chi connectivity index (χ1v) is 6.64. The van der Waals surface area contributed by atoms with E-state index in [0.717, 1.165) is 13.1 Å². The molecule has 1 N–H and O–H groups in total. The molecule has 1 aromatic carbocycles. The third kappa shape index (κ3) is 6.44. The molecule has 0 fully saturated rings. The first-order chi connectivity index (χ1) is 8.36. The highest BCUT2D eigenvalue weighted by atomic mass is 16.5. The molecule has 0 atom stereocenters. The fourth-order valence-corrected chi connectivity index (χ4v) is 1.85. The number of ether oxygens (including phenoxy) is 1. The van der Waals surface area contributed by atoms with Crippen LogP contribution < -0.4 is 5.32 Å². The molecule has 0 heterocycles. The highest BCUT2D eigenvalue weighted by Crippen LogP contribution is 2.08. The third-order valence-electron chi connectivity index (χ3n) is 2.83. The molecule has 0 aliphatic carbocycles. The molecule has 96 valence electrons. The van der Waals surface area contributed by atoms with Crippen LogP contribution in [0.4, 0.5) is 0 Å². The molecule has 0 radical (unpaired) electrons. The van der Waals surface area contributed by atoms with E-state index in [1.165, 1.54) is 36.8 Å². The lowest BCUT2D eigenvalue weighted by atomic mass is 10.1. The van der Waals surface area contributed by atoms with Crippen LogP contribution in [-0.4, -0.2) is 20.2 Å². The number of hydrogen-bond donors (Lipinski definition) is 1. The minimum Gasteiger partial charge on any atom is -0.380 e. The van der Waals surface area contributed by atoms with Gasteiger partial charge in [-0.05, 0) is 49.9 Å². The predicted octanol–water partition coefficient (Wildman–Crippen LogP) is 3.16. The highest BCUT2D eigenvalue weighted by molar-refractivity contribution is 5.22.